The van der Waals surface area contributed by atoms with E-state index >= 15 is 0 Å². The molecular formula is C22H29N3O3. The summed E-state index contributed by atoms with van der Waals surface area (Å²) in [7, 11) is 4.01. The lowest BCUT2D eigenvalue weighted by Gasteiger charge is -2.11. The molecule has 2 aromatic rings. The fourth-order valence-electron chi connectivity index (χ4n) is 2.48. The Morgan fingerprint density at radius 1 is 0.964 bits per heavy atom. The van der Waals surface area contributed by atoms with Gasteiger partial charge in [-0.15, -0.1) is 0 Å². The third kappa shape index (κ3) is 8.22. The lowest BCUT2D eigenvalue weighted by molar-refractivity contribution is -0.121. The molecule has 28 heavy (non-hydrogen) atoms. The van der Waals surface area contributed by atoms with Gasteiger partial charge in [0.2, 0.25) is 5.91 Å². The summed E-state index contributed by atoms with van der Waals surface area (Å²) in [6.07, 6.45) is 0.976. The van der Waals surface area contributed by atoms with Crippen LogP contribution in [-0.4, -0.2) is 50.5 Å². The van der Waals surface area contributed by atoms with Crippen LogP contribution in [0.3, 0.4) is 0 Å². The van der Waals surface area contributed by atoms with Crippen LogP contribution in [0.25, 0.3) is 0 Å². The maximum atomic E-state index is 11.9. The molecule has 150 valence electrons. The molecule has 0 fully saturated rings. The number of rotatable bonds is 11. The van der Waals surface area contributed by atoms with Gasteiger partial charge in [-0.25, -0.2) is 0 Å². The van der Waals surface area contributed by atoms with Gasteiger partial charge in [0, 0.05) is 31.6 Å². The van der Waals surface area contributed by atoms with E-state index in [0.717, 1.165) is 17.9 Å². The Hall–Kier alpha value is -2.86. The van der Waals surface area contributed by atoms with E-state index in [4.69, 9.17) is 4.74 Å². The smallest absolute Gasteiger partial charge is 0.251 e. The van der Waals surface area contributed by atoms with Crippen molar-refractivity contribution in [3.05, 3.63) is 65.7 Å². The molecule has 0 heterocycles. The molecule has 6 heteroatoms. The molecule has 2 amide bonds. The second-order valence-corrected chi connectivity index (χ2v) is 6.80. The van der Waals surface area contributed by atoms with Crippen molar-refractivity contribution in [2.45, 2.75) is 19.4 Å². The minimum absolute atomic E-state index is 0.0275. The summed E-state index contributed by atoms with van der Waals surface area (Å²) in [5.74, 6) is 0.681. The molecule has 2 aromatic carbocycles. The summed E-state index contributed by atoms with van der Waals surface area (Å²) in [5, 5.41) is 5.72. The number of ether oxygens (including phenoxy) is 1. The zero-order valence-electron chi connectivity index (χ0n) is 16.6. The highest BCUT2D eigenvalue weighted by molar-refractivity contribution is 5.94. The average Bonchev–Trinajstić information content (AvgIpc) is 2.71. The largest absolute Gasteiger partial charge is 0.492 e. The Balaban J connectivity index is 1.60. The van der Waals surface area contributed by atoms with Crippen LogP contribution in [0.15, 0.2) is 54.6 Å². The Bertz CT molecular complexity index is 730. The number of amides is 2. The van der Waals surface area contributed by atoms with E-state index in [1.165, 1.54) is 0 Å². The van der Waals surface area contributed by atoms with E-state index in [1.807, 2.05) is 56.6 Å². The van der Waals surface area contributed by atoms with Crippen LogP contribution in [0.4, 0.5) is 0 Å². The van der Waals surface area contributed by atoms with Crippen LogP contribution < -0.4 is 15.4 Å². The third-order valence-corrected chi connectivity index (χ3v) is 4.12. The van der Waals surface area contributed by atoms with Gasteiger partial charge in [0.15, 0.2) is 0 Å². The van der Waals surface area contributed by atoms with Crippen molar-refractivity contribution in [2.75, 3.05) is 33.8 Å². The lowest BCUT2D eigenvalue weighted by atomic mass is 10.2. The van der Waals surface area contributed by atoms with Crippen molar-refractivity contribution in [1.29, 1.82) is 0 Å². The summed E-state index contributed by atoms with van der Waals surface area (Å²) in [4.78, 5) is 25.9. The Labute approximate surface area is 166 Å². The van der Waals surface area contributed by atoms with Crippen molar-refractivity contribution >= 4 is 11.8 Å². The Kier molecular flexibility index (Phi) is 9.01. The maximum absolute atomic E-state index is 11.9. The number of benzene rings is 2. The zero-order valence-corrected chi connectivity index (χ0v) is 16.6. The van der Waals surface area contributed by atoms with Crippen LogP contribution in [0, 0.1) is 0 Å². The van der Waals surface area contributed by atoms with Gasteiger partial charge in [0.05, 0.1) is 0 Å². The monoisotopic (exact) mass is 383 g/mol. The van der Waals surface area contributed by atoms with E-state index in [9.17, 15) is 9.59 Å². The van der Waals surface area contributed by atoms with Crippen molar-refractivity contribution in [2.24, 2.45) is 0 Å². The number of hydrogen-bond donors (Lipinski definition) is 2. The highest BCUT2D eigenvalue weighted by Gasteiger charge is 2.05. The van der Waals surface area contributed by atoms with Crippen LogP contribution >= 0.6 is 0 Å². The highest BCUT2D eigenvalue weighted by Crippen LogP contribution is 2.12. The first-order chi connectivity index (χ1) is 13.5. The fraction of sp³-hybridized carbons (Fsp3) is 0.364. The van der Waals surface area contributed by atoms with Crippen molar-refractivity contribution in [3.8, 4) is 5.75 Å². The molecule has 2 N–H and O–H groups in total. The number of nitrogens with zero attached hydrogens (tertiary/aromatic N) is 1. The fourth-order valence-corrected chi connectivity index (χ4v) is 2.48. The first-order valence-electron chi connectivity index (χ1n) is 9.51. The molecule has 0 saturated carbocycles. The van der Waals surface area contributed by atoms with Crippen LogP contribution in [0.2, 0.25) is 0 Å². The third-order valence-electron chi connectivity index (χ3n) is 4.12. The van der Waals surface area contributed by atoms with Gasteiger partial charge in [-0.05, 0) is 50.3 Å². The normalized spacial score (nSPS) is 10.5. The van der Waals surface area contributed by atoms with E-state index in [0.29, 0.717) is 38.1 Å². The van der Waals surface area contributed by atoms with Gasteiger partial charge in [-0.1, -0.05) is 30.3 Å². The summed E-state index contributed by atoms with van der Waals surface area (Å²) in [6.45, 7) is 2.46. The van der Waals surface area contributed by atoms with Gasteiger partial charge in [-0.2, -0.15) is 0 Å². The molecule has 0 bridgehead atoms. The van der Waals surface area contributed by atoms with Gasteiger partial charge in [0.1, 0.15) is 12.4 Å². The molecule has 0 unspecified atom stereocenters. The number of carbonyl (C=O) groups is 2. The summed E-state index contributed by atoms with van der Waals surface area (Å²) < 4.78 is 5.65. The summed E-state index contributed by atoms with van der Waals surface area (Å²) in [5.41, 5.74) is 1.65. The molecular weight excluding hydrogens is 354 g/mol. The molecule has 0 spiro atoms. The van der Waals surface area contributed by atoms with Crippen molar-refractivity contribution in [3.63, 3.8) is 0 Å². The van der Waals surface area contributed by atoms with Gasteiger partial charge < -0.3 is 20.3 Å². The zero-order chi connectivity index (χ0) is 20.2. The van der Waals surface area contributed by atoms with Gasteiger partial charge in [0.25, 0.3) is 5.91 Å². The molecule has 0 atom stereocenters. The first kappa shape index (κ1) is 21.4. The summed E-state index contributed by atoms with van der Waals surface area (Å²) in [6, 6.07) is 16.8. The predicted octanol–water partition coefficient (Wildman–Crippen LogP) is 2.45. The lowest BCUT2D eigenvalue weighted by Crippen LogP contribution is -2.27. The molecule has 0 aliphatic rings. The van der Waals surface area contributed by atoms with E-state index < -0.39 is 0 Å². The Morgan fingerprint density at radius 2 is 1.68 bits per heavy atom. The minimum atomic E-state index is -0.117. The number of carbonyl (C=O) groups excluding carboxylic acids is 2. The molecule has 0 radical (unpaired) electrons. The van der Waals surface area contributed by atoms with Crippen molar-refractivity contribution in [1.82, 2.24) is 15.5 Å². The second kappa shape index (κ2) is 11.8. The topological polar surface area (TPSA) is 70.7 Å². The van der Waals surface area contributed by atoms with Crippen LogP contribution in [-0.2, 0) is 11.3 Å². The molecule has 0 aromatic heterocycles. The first-order valence-corrected chi connectivity index (χ1v) is 9.51. The van der Waals surface area contributed by atoms with Gasteiger partial charge in [-0.3, -0.25) is 9.59 Å². The average molecular weight is 383 g/mol. The van der Waals surface area contributed by atoms with E-state index in [-0.39, 0.29) is 11.8 Å². The van der Waals surface area contributed by atoms with Crippen molar-refractivity contribution < 1.29 is 14.3 Å². The number of likely N-dealkylation sites (N-methyl/N-ethyl adjacent to an activating group) is 1. The predicted molar refractivity (Wildman–Crippen MR) is 110 cm³/mol. The van der Waals surface area contributed by atoms with Gasteiger partial charge >= 0.3 is 0 Å². The van der Waals surface area contributed by atoms with E-state index in [1.54, 1.807) is 12.1 Å². The molecule has 0 aliphatic carbocycles. The van der Waals surface area contributed by atoms with Crippen LogP contribution in [0.1, 0.15) is 28.8 Å². The summed E-state index contributed by atoms with van der Waals surface area (Å²) >= 11 is 0. The second-order valence-electron chi connectivity index (χ2n) is 6.80. The van der Waals surface area contributed by atoms with Crippen LogP contribution in [0.5, 0.6) is 5.75 Å². The number of hydrogen-bond acceptors (Lipinski definition) is 4. The molecule has 0 saturated heterocycles. The standard InChI is InChI=1S/C22H29N3O3/c1-25(2)15-16-28-20-12-10-18(11-13-20)17-24-21(26)9-6-14-23-22(27)19-7-4-3-5-8-19/h3-5,7-8,10-13H,6,9,14-17H2,1-2H3,(H,23,27)(H,24,26). The minimum Gasteiger partial charge on any atom is -0.492 e. The van der Waals surface area contributed by atoms with E-state index in [2.05, 4.69) is 15.5 Å². The number of nitrogens with one attached hydrogen (secondary N) is 2. The molecule has 0 aliphatic heterocycles. The highest BCUT2D eigenvalue weighted by atomic mass is 16.5. The quantitative estimate of drug-likeness (QED) is 0.585. The molecule has 2 rings (SSSR count). The molecule has 6 nitrogen and oxygen atoms in total. The maximum Gasteiger partial charge on any atom is 0.251 e. The Morgan fingerprint density at radius 3 is 2.36 bits per heavy atom. The SMILES string of the molecule is CN(C)CCOc1ccc(CNC(=O)CCCNC(=O)c2ccccc2)cc1.